The third kappa shape index (κ3) is 3.54. The molecule has 0 radical (unpaired) electrons. The lowest BCUT2D eigenvalue weighted by Gasteiger charge is -2.22. The van der Waals surface area contributed by atoms with Crippen LogP contribution in [0.1, 0.15) is 16.7 Å². The molecule has 1 heterocycles. The van der Waals surface area contributed by atoms with Crippen molar-refractivity contribution in [2.75, 3.05) is 12.4 Å². The van der Waals surface area contributed by atoms with Crippen LogP contribution in [0.3, 0.4) is 0 Å². The Morgan fingerprint density at radius 3 is 2.75 bits per heavy atom. The predicted molar refractivity (Wildman–Crippen MR) is 87.8 cm³/mol. The van der Waals surface area contributed by atoms with Crippen LogP contribution in [0.5, 0.6) is 0 Å². The Bertz CT molecular complexity index is 596. The summed E-state index contributed by atoms with van der Waals surface area (Å²) >= 11 is 5.46. The molecule has 104 valence electrons. The van der Waals surface area contributed by atoms with Crippen LogP contribution >= 0.6 is 12.2 Å². The van der Waals surface area contributed by atoms with Crippen LogP contribution in [-0.2, 0) is 6.54 Å². The van der Waals surface area contributed by atoms with E-state index < -0.39 is 0 Å². The van der Waals surface area contributed by atoms with Crippen molar-refractivity contribution >= 4 is 23.0 Å². The first-order chi connectivity index (χ1) is 9.58. The number of hydrogen-bond acceptors (Lipinski definition) is 2. The Balaban J connectivity index is 2.03. The van der Waals surface area contributed by atoms with Gasteiger partial charge in [0.25, 0.3) is 0 Å². The third-order valence-corrected chi connectivity index (χ3v) is 3.75. The molecule has 1 N–H and O–H groups in total. The fourth-order valence-electron chi connectivity index (χ4n) is 1.93. The summed E-state index contributed by atoms with van der Waals surface area (Å²) in [7, 11) is 1.98. The van der Waals surface area contributed by atoms with Crippen molar-refractivity contribution in [2.24, 2.45) is 0 Å². The number of thiocarbonyl (C=S) groups is 1. The van der Waals surface area contributed by atoms with Gasteiger partial charge in [-0.25, -0.2) is 0 Å². The van der Waals surface area contributed by atoms with E-state index in [1.807, 2.05) is 42.4 Å². The van der Waals surface area contributed by atoms with E-state index in [1.165, 1.54) is 11.1 Å². The van der Waals surface area contributed by atoms with Crippen LogP contribution in [-0.4, -0.2) is 22.0 Å². The summed E-state index contributed by atoms with van der Waals surface area (Å²) < 4.78 is 0. The van der Waals surface area contributed by atoms with Gasteiger partial charge in [0.15, 0.2) is 5.11 Å². The van der Waals surface area contributed by atoms with Gasteiger partial charge in [-0.05, 0) is 54.9 Å². The van der Waals surface area contributed by atoms with Crippen LogP contribution in [0.15, 0.2) is 42.7 Å². The lowest BCUT2D eigenvalue weighted by molar-refractivity contribution is 0.507. The van der Waals surface area contributed by atoms with Gasteiger partial charge in [-0.3, -0.25) is 4.98 Å². The molecule has 0 aliphatic heterocycles. The van der Waals surface area contributed by atoms with E-state index in [2.05, 4.69) is 30.2 Å². The third-order valence-electron chi connectivity index (χ3n) is 3.34. The largest absolute Gasteiger partial charge is 0.348 e. The minimum Gasteiger partial charge on any atom is -0.348 e. The summed E-state index contributed by atoms with van der Waals surface area (Å²) in [6.45, 7) is 4.94. The van der Waals surface area contributed by atoms with Gasteiger partial charge in [-0.1, -0.05) is 18.2 Å². The van der Waals surface area contributed by atoms with Crippen LogP contribution in [0.25, 0.3) is 0 Å². The van der Waals surface area contributed by atoms with E-state index in [0.717, 1.165) is 17.8 Å². The molecule has 4 heteroatoms. The molecule has 0 bridgehead atoms. The highest BCUT2D eigenvalue weighted by Crippen LogP contribution is 2.18. The van der Waals surface area contributed by atoms with Crippen molar-refractivity contribution in [1.29, 1.82) is 0 Å². The maximum atomic E-state index is 5.46. The fourth-order valence-corrected chi connectivity index (χ4v) is 2.11. The van der Waals surface area contributed by atoms with E-state index in [1.54, 1.807) is 6.20 Å². The van der Waals surface area contributed by atoms with E-state index in [0.29, 0.717) is 5.11 Å². The topological polar surface area (TPSA) is 28.2 Å². The van der Waals surface area contributed by atoms with Gasteiger partial charge in [0.2, 0.25) is 0 Å². The molecule has 0 fully saturated rings. The molecule has 1 aromatic carbocycles. The number of anilines is 1. The summed E-state index contributed by atoms with van der Waals surface area (Å²) in [5, 5.41) is 4.02. The first-order valence-electron chi connectivity index (χ1n) is 6.55. The Hall–Kier alpha value is -1.94. The molecule has 1 aromatic heterocycles. The Morgan fingerprint density at radius 1 is 1.25 bits per heavy atom. The molecule has 0 aliphatic carbocycles. The average Bonchev–Trinajstić information content (AvgIpc) is 2.45. The second kappa shape index (κ2) is 6.48. The first kappa shape index (κ1) is 14.5. The first-order valence-corrected chi connectivity index (χ1v) is 6.96. The smallest absolute Gasteiger partial charge is 0.173 e. The average molecular weight is 285 g/mol. The van der Waals surface area contributed by atoms with Gasteiger partial charge in [-0.2, -0.15) is 0 Å². The predicted octanol–water partition coefficient (Wildman–Crippen LogP) is 3.53. The highest BCUT2D eigenvalue weighted by molar-refractivity contribution is 7.80. The Morgan fingerprint density at radius 2 is 2.05 bits per heavy atom. The van der Waals surface area contributed by atoms with Crippen LogP contribution in [0.2, 0.25) is 0 Å². The molecule has 0 spiro atoms. The molecule has 0 atom stereocenters. The number of hydrogen-bond donors (Lipinski definition) is 1. The Kier molecular flexibility index (Phi) is 4.69. The van der Waals surface area contributed by atoms with Crippen molar-refractivity contribution in [1.82, 2.24) is 9.88 Å². The monoisotopic (exact) mass is 285 g/mol. The zero-order chi connectivity index (χ0) is 14.5. The number of rotatable bonds is 3. The Labute approximate surface area is 125 Å². The summed E-state index contributed by atoms with van der Waals surface area (Å²) in [6.07, 6.45) is 3.63. The van der Waals surface area contributed by atoms with Gasteiger partial charge in [-0.15, -0.1) is 0 Å². The summed E-state index contributed by atoms with van der Waals surface area (Å²) in [5.74, 6) is 0. The van der Waals surface area contributed by atoms with E-state index >= 15 is 0 Å². The number of benzene rings is 1. The molecular weight excluding hydrogens is 266 g/mol. The number of nitrogens with zero attached hydrogens (tertiary/aromatic N) is 2. The molecule has 2 rings (SSSR count). The van der Waals surface area contributed by atoms with Gasteiger partial charge in [0.05, 0.1) is 0 Å². The number of nitrogens with one attached hydrogen (secondary N) is 1. The molecule has 2 aromatic rings. The molecule has 3 nitrogen and oxygen atoms in total. The van der Waals surface area contributed by atoms with Crippen molar-refractivity contribution in [2.45, 2.75) is 20.4 Å². The highest BCUT2D eigenvalue weighted by atomic mass is 32.1. The summed E-state index contributed by atoms with van der Waals surface area (Å²) in [6, 6.07) is 10.2. The summed E-state index contributed by atoms with van der Waals surface area (Å²) in [4.78, 5) is 6.12. The van der Waals surface area contributed by atoms with E-state index in [4.69, 9.17) is 12.2 Å². The van der Waals surface area contributed by atoms with Crippen LogP contribution < -0.4 is 5.32 Å². The molecule has 0 saturated carbocycles. The molecule has 0 aliphatic rings. The minimum absolute atomic E-state index is 0.711. The SMILES string of the molecule is Cc1cccc(NC(=S)N(C)Cc2cccnc2)c1C. The standard InChI is InChI=1S/C16H19N3S/c1-12-6-4-8-15(13(12)2)18-16(20)19(3)11-14-7-5-9-17-10-14/h4-10H,11H2,1-3H3,(H,18,20). The van der Waals surface area contributed by atoms with Crippen molar-refractivity contribution in [3.8, 4) is 0 Å². The van der Waals surface area contributed by atoms with Crippen molar-refractivity contribution in [3.63, 3.8) is 0 Å². The van der Waals surface area contributed by atoms with Crippen molar-refractivity contribution in [3.05, 3.63) is 59.4 Å². The molecular formula is C16H19N3S. The normalized spacial score (nSPS) is 10.2. The lowest BCUT2D eigenvalue weighted by Crippen LogP contribution is -2.30. The number of pyridine rings is 1. The fraction of sp³-hybridized carbons (Fsp3) is 0.250. The maximum absolute atomic E-state index is 5.46. The zero-order valence-electron chi connectivity index (χ0n) is 12.1. The zero-order valence-corrected chi connectivity index (χ0v) is 12.9. The van der Waals surface area contributed by atoms with Gasteiger partial charge in [0.1, 0.15) is 0 Å². The summed E-state index contributed by atoms with van der Waals surface area (Å²) in [5.41, 5.74) is 4.69. The molecule has 0 amide bonds. The van der Waals surface area contributed by atoms with Crippen molar-refractivity contribution < 1.29 is 0 Å². The number of aromatic nitrogens is 1. The van der Waals surface area contributed by atoms with Crippen LogP contribution in [0, 0.1) is 13.8 Å². The van der Waals surface area contributed by atoms with E-state index in [-0.39, 0.29) is 0 Å². The maximum Gasteiger partial charge on any atom is 0.173 e. The highest BCUT2D eigenvalue weighted by Gasteiger charge is 2.07. The molecule has 20 heavy (non-hydrogen) atoms. The lowest BCUT2D eigenvalue weighted by atomic mass is 10.1. The minimum atomic E-state index is 0.711. The van der Waals surface area contributed by atoms with Gasteiger partial charge < -0.3 is 10.2 Å². The van der Waals surface area contributed by atoms with Gasteiger partial charge in [0, 0.05) is 31.7 Å². The van der Waals surface area contributed by atoms with Crippen LogP contribution in [0.4, 0.5) is 5.69 Å². The second-order valence-corrected chi connectivity index (χ2v) is 5.28. The number of aryl methyl sites for hydroxylation is 1. The van der Waals surface area contributed by atoms with E-state index in [9.17, 15) is 0 Å². The second-order valence-electron chi connectivity index (χ2n) is 4.89. The molecule has 0 unspecified atom stereocenters. The quantitative estimate of drug-likeness (QED) is 0.873. The molecule has 0 saturated heterocycles. The van der Waals surface area contributed by atoms with Gasteiger partial charge >= 0.3 is 0 Å².